The molecule has 0 atom stereocenters. The molecule has 192 valence electrons. The highest BCUT2D eigenvalue weighted by atomic mass is 32.2. The van der Waals surface area contributed by atoms with Crippen LogP contribution in [0.5, 0.6) is 17.2 Å². The van der Waals surface area contributed by atoms with Crippen molar-refractivity contribution in [3.05, 3.63) is 100.0 Å². The van der Waals surface area contributed by atoms with Crippen molar-refractivity contribution in [2.75, 3.05) is 20.3 Å². The number of nitrogens with one attached hydrogen (secondary N) is 1. The maximum absolute atomic E-state index is 12.8. The summed E-state index contributed by atoms with van der Waals surface area (Å²) in [5.41, 5.74) is 5.07. The molecule has 3 aromatic carbocycles. The number of thioether (sulfide) groups is 1. The van der Waals surface area contributed by atoms with Crippen LogP contribution in [0.4, 0.5) is 0 Å². The van der Waals surface area contributed by atoms with Gasteiger partial charge >= 0.3 is 0 Å². The van der Waals surface area contributed by atoms with E-state index in [1.165, 1.54) is 22.9 Å². The minimum Gasteiger partial charge on any atom is -0.493 e. The molecule has 38 heavy (non-hydrogen) atoms. The summed E-state index contributed by atoms with van der Waals surface area (Å²) in [6.07, 6.45) is 1.66. The van der Waals surface area contributed by atoms with Gasteiger partial charge in [0, 0.05) is 5.41 Å². The van der Waals surface area contributed by atoms with E-state index in [0.29, 0.717) is 35.4 Å². The van der Waals surface area contributed by atoms with E-state index in [1.54, 1.807) is 30.2 Å². The van der Waals surface area contributed by atoms with Crippen LogP contribution in [-0.4, -0.2) is 42.1 Å². The number of ether oxygens (including phenoxy) is 3. The van der Waals surface area contributed by atoms with Crippen molar-refractivity contribution in [2.45, 2.75) is 13.8 Å². The van der Waals surface area contributed by atoms with Crippen LogP contribution in [0, 0.1) is 19.3 Å². The molecule has 0 bridgehead atoms. The Balaban J connectivity index is 1.29. The zero-order valence-electron chi connectivity index (χ0n) is 21.4. The molecule has 5 rings (SSSR count). The first-order valence-corrected chi connectivity index (χ1v) is 13.0. The first kappa shape index (κ1) is 25.4. The lowest BCUT2D eigenvalue weighted by molar-refractivity contribution is -0.114. The fourth-order valence-electron chi connectivity index (χ4n) is 4.09. The van der Waals surface area contributed by atoms with Crippen molar-refractivity contribution in [1.29, 1.82) is 5.41 Å². The Labute approximate surface area is 225 Å². The summed E-state index contributed by atoms with van der Waals surface area (Å²) in [5, 5.41) is 11.2. The monoisotopic (exact) mass is 525 g/mol. The van der Waals surface area contributed by atoms with E-state index in [9.17, 15) is 4.79 Å². The number of carbonyl (C=O) groups is 1. The second-order valence-electron chi connectivity index (χ2n) is 8.78. The summed E-state index contributed by atoms with van der Waals surface area (Å²) in [4.78, 5) is 18.8. The van der Waals surface area contributed by atoms with Crippen LogP contribution in [-0.2, 0) is 4.79 Å². The van der Waals surface area contributed by atoms with Gasteiger partial charge in [-0.15, -0.1) is 0 Å². The van der Waals surface area contributed by atoms with Crippen LogP contribution < -0.4 is 14.2 Å². The number of carbonyl (C=O) groups excluding carboxylic acids is 1. The van der Waals surface area contributed by atoms with Crippen molar-refractivity contribution < 1.29 is 19.0 Å². The van der Waals surface area contributed by atoms with Crippen LogP contribution >= 0.6 is 11.8 Å². The van der Waals surface area contributed by atoms with Gasteiger partial charge in [0.15, 0.2) is 16.7 Å². The molecular formula is C30H27N3O4S. The summed E-state index contributed by atoms with van der Waals surface area (Å²) in [5.74, 6) is 1.53. The van der Waals surface area contributed by atoms with Crippen molar-refractivity contribution in [3.63, 3.8) is 0 Å². The molecule has 0 aliphatic carbocycles. The molecule has 1 N–H and O–H groups in total. The third-order valence-corrected chi connectivity index (χ3v) is 7.10. The number of aryl methyl sites for hydroxylation is 2. The topological polar surface area (TPSA) is 84.2 Å². The number of amidine groups is 2. The van der Waals surface area contributed by atoms with Gasteiger partial charge in [0.1, 0.15) is 24.8 Å². The van der Waals surface area contributed by atoms with Crippen molar-refractivity contribution >= 4 is 40.4 Å². The van der Waals surface area contributed by atoms with Gasteiger partial charge in [-0.05, 0) is 66.4 Å². The van der Waals surface area contributed by atoms with Gasteiger partial charge in [-0.3, -0.25) is 15.1 Å². The number of aliphatic imine (C=N–C) groups is 1. The molecule has 0 saturated carbocycles. The maximum atomic E-state index is 12.8. The Morgan fingerprint density at radius 2 is 1.74 bits per heavy atom. The third-order valence-electron chi connectivity index (χ3n) is 6.27. The van der Waals surface area contributed by atoms with Crippen molar-refractivity contribution in [3.8, 4) is 17.2 Å². The van der Waals surface area contributed by atoms with Crippen LogP contribution in [0.2, 0.25) is 0 Å². The summed E-state index contributed by atoms with van der Waals surface area (Å²) in [7, 11) is 1.56. The standard InChI is InChI=1S/C30H27N3O4S/c1-19-9-11-23(15-20(19)2)36-13-14-37-26-12-10-21(17-27(26)35-3)16-24-28(31)33-25(22-7-5-4-6-8-22)18-38-30(33)32-29(24)34/h4-12,15-18,31H,13-14H2,1-3H3/b24-16-,31-28?. The largest absolute Gasteiger partial charge is 0.493 e. The van der Waals surface area contributed by atoms with E-state index in [1.807, 2.05) is 60.0 Å². The molecule has 0 aromatic heterocycles. The lowest BCUT2D eigenvalue weighted by atomic mass is 10.1. The predicted molar refractivity (Wildman–Crippen MR) is 152 cm³/mol. The summed E-state index contributed by atoms with van der Waals surface area (Å²) >= 11 is 1.34. The Morgan fingerprint density at radius 3 is 2.50 bits per heavy atom. The number of fused-ring (bicyclic) bond motifs is 1. The average Bonchev–Trinajstić information content (AvgIpc) is 3.35. The number of hydrogen-bond donors (Lipinski definition) is 1. The number of benzene rings is 3. The van der Waals surface area contributed by atoms with Gasteiger partial charge in [0.2, 0.25) is 0 Å². The zero-order valence-corrected chi connectivity index (χ0v) is 22.2. The van der Waals surface area contributed by atoms with Crippen molar-refractivity contribution in [1.82, 2.24) is 4.90 Å². The maximum Gasteiger partial charge on any atom is 0.283 e. The minimum absolute atomic E-state index is 0.0860. The first-order valence-electron chi connectivity index (χ1n) is 12.1. The van der Waals surface area contributed by atoms with Crippen molar-refractivity contribution in [2.24, 2.45) is 4.99 Å². The highest BCUT2D eigenvalue weighted by Gasteiger charge is 2.36. The molecule has 3 aromatic rings. The van der Waals surface area contributed by atoms with Gasteiger partial charge < -0.3 is 14.2 Å². The molecule has 8 heteroatoms. The van der Waals surface area contributed by atoms with Crippen LogP contribution in [0.15, 0.2) is 82.7 Å². The highest BCUT2D eigenvalue weighted by Crippen LogP contribution is 2.37. The fourth-order valence-corrected chi connectivity index (χ4v) is 4.98. The smallest absolute Gasteiger partial charge is 0.283 e. The van der Waals surface area contributed by atoms with E-state index >= 15 is 0 Å². The van der Waals surface area contributed by atoms with Gasteiger partial charge in [0.05, 0.1) is 18.4 Å². The second-order valence-corrected chi connectivity index (χ2v) is 9.62. The number of methoxy groups -OCH3 is 1. The molecule has 0 fully saturated rings. The lowest BCUT2D eigenvalue weighted by Gasteiger charge is -2.27. The summed E-state index contributed by atoms with van der Waals surface area (Å²) in [6.45, 7) is 4.84. The Kier molecular flexibility index (Phi) is 7.33. The number of hydrogen-bond acceptors (Lipinski definition) is 6. The molecule has 1 amide bonds. The molecule has 0 saturated heterocycles. The third kappa shape index (κ3) is 5.21. The summed E-state index contributed by atoms with van der Waals surface area (Å²) in [6, 6.07) is 21.1. The van der Waals surface area contributed by atoms with E-state index in [4.69, 9.17) is 19.6 Å². The molecular weight excluding hydrogens is 498 g/mol. The van der Waals surface area contributed by atoms with Gasteiger partial charge in [-0.2, -0.15) is 4.99 Å². The molecule has 0 unspecified atom stereocenters. The zero-order chi connectivity index (χ0) is 26.6. The quantitative estimate of drug-likeness (QED) is 0.284. The first-order chi connectivity index (χ1) is 18.4. The predicted octanol–water partition coefficient (Wildman–Crippen LogP) is 6.07. The van der Waals surface area contributed by atoms with E-state index in [-0.39, 0.29) is 11.4 Å². The summed E-state index contributed by atoms with van der Waals surface area (Å²) < 4.78 is 17.2. The number of rotatable bonds is 8. The van der Waals surface area contributed by atoms with Gasteiger partial charge in [-0.25, -0.2) is 0 Å². The lowest BCUT2D eigenvalue weighted by Crippen LogP contribution is -2.38. The minimum atomic E-state index is -0.445. The van der Waals surface area contributed by atoms with E-state index < -0.39 is 5.91 Å². The van der Waals surface area contributed by atoms with Crippen LogP contribution in [0.3, 0.4) is 0 Å². The van der Waals surface area contributed by atoms with E-state index in [0.717, 1.165) is 17.0 Å². The highest BCUT2D eigenvalue weighted by molar-refractivity contribution is 8.17. The number of amides is 1. The number of nitrogens with zero attached hydrogens (tertiary/aromatic N) is 2. The van der Waals surface area contributed by atoms with Crippen LogP contribution in [0.1, 0.15) is 22.3 Å². The average molecular weight is 526 g/mol. The molecule has 7 nitrogen and oxygen atoms in total. The normalized spacial score (nSPS) is 15.8. The molecule has 2 aliphatic heterocycles. The van der Waals surface area contributed by atoms with Gasteiger partial charge in [0.25, 0.3) is 5.91 Å². The SMILES string of the molecule is COc1cc(/C=C2/C(=N)N3C(c4ccccc4)=CSC3=NC2=O)ccc1OCCOc1ccc(C)c(C)c1. The van der Waals surface area contributed by atoms with E-state index in [2.05, 4.69) is 18.8 Å². The Morgan fingerprint density at radius 1 is 0.947 bits per heavy atom. The Hall–Kier alpha value is -4.30. The molecule has 2 aliphatic rings. The fraction of sp³-hybridized carbons (Fsp3) is 0.167. The molecule has 0 spiro atoms. The Bertz CT molecular complexity index is 1490. The molecule has 2 heterocycles. The van der Waals surface area contributed by atoms with Crippen LogP contribution in [0.25, 0.3) is 11.8 Å². The second kappa shape index (κ2) is 11.0. The molecule has 0 radical (unpaired) electrons. The van der Waals surface area contributed by atoms with Gasteiger partial charge in [-0.1, -0.05) is 54.2 Å².